The number of urea groups is 1. The number of benzene rings is 2. The summed E-state index contributed by atoms with van der Waals surface area (Å²) < 4.78 is 60.2. The lowest BCUT2D eigenvalue weighted by atomic mass is 9.99. The molecule has 9 nitrogen and oxygen atoms in total. The Bertz CT molecular complexity index is 1420. The molecule has 2 aliphatic carbocycles. The first-order chi connectivity index (χ1) is 17.7. The molecule has 198 valence electrons. The van der Waals surface area contributed by atoms with E-state index in [4.69, 9.17) is 4.74 Å². The molecule has 1 fully saturated rings. The summed E-state index contributed by atoms with van der Waals surface area (Å²) in [5.74, 6) is 0.540. The van der Waals surface area contributed by atoms with E-state index in [1.54, 1.807) is 12.1 Å². The van der Waals surface area contributed by atoms with E-state index < -0.39 is 32.1 Å². The number of rotatable bonds is 7. The predicted octanol–water partition coefficient (Wildman–Crippen LogP) is 3.49. The summed E-state index contributed by atoms with van der Waals surface area (Å²) in [4.78, 5) is 12.8. The van der Waals surface area contributed by atoms with Gasteiger partial charge in [0.25, 0.3) is 10.0 Å². The fourth-order valence-corrected chi connectivity index (χ4v) is 8.02. The monoisotopic (exact) mass is 545 g/mol. The maximum absolute atomic E-state index is 13.2. The minimum Gasteiger partial charge on any atom is -0.497 e. The van der Waals surface area contributed by atoms with Crippen molar-refractivity contribution in [2.45, 2.75) is 62.3 Å². The fourth-order valence-electron chi connectivity index (χ4n) is 5.60. The van der Waals surface area contributed by atoms with Gasteiger partial charge in [-0.1, -0.05) is 12.1 Å². The van der Waals surface area contributed by atoms with Crippen molar-refractivity contribution >= 4 is 31.8 Å². The van der Waals surface area contributed by atoms with Crippen LogP contribution in [0.3, 0.4) is 0 Å². The number of ether oxygens (including phenoxy) is 1. The minimum absolute atomic E-state index is 0.108. The molecule has 0 unspecified atom stereocenters. The quantitative estimate of drug-likeness (QED) is 0.549. The van der Waals surface area contributed by atoms with Gasteiger partial charge in [0.1, 0.15) is 5.75 Å². The number of nitrogens with one attached hydrogen (secondary N) is 2. The number of carbonyl (C=O) groups is 1. The van der Waals surface area contributed by atoms with Gasteiger partial charge in [-0.3, -0.25) is 0 Å². The first-order valence-corrected chi connectivity index (χ1v) is 15.5. The number of methoxy groups -OCH3 is 1. The number of fused-ring (bicyclic) bond motifs is 2. The van der Waals surface area contributed by atoms with Crippen LogP contribution in [0.25, 0.3) is 0 Å². The molecule has 1 heterocycles. The molecule has 1 saturated heterocycles. The highest BCUT2D eigenvalue weighted by atomic mass is 32.2. The Morgan fingerprint density at radius 1 is 0.973 bits per heavy atom. The Morgan fingerprint density at radius 2 is 1.62 bits per heavy atom. The van der Waals surface area contributed by atoms with Crippen LogP contribution in [0.1, 0.15) is 47.9 Å². The molecule has 2 aromatic carbocycles. The molecular formula is C26H31N3O6S2. The standard InChI is InChI=1S/C26H31N3O6S2/c1-35-21-10-12-22(13-11-21)37(33,34)29-15-4-7-20(29)14-16-36(31,32)28-26(30)27-25-23-8-2-5-18(23)17-19-6-3-9-24(19)25/h10-14,16-17,20H,2-9,15H2,1H3,(H2,27,28,30)/b16-14+/t20-/m0/s1. The maximum atomic E-state index is 13.2. The number of aryl methyl sites for hydroxylation is 2. The lowest BCUT2D eigenvalue weighted by Gasteiger charge is -2.22. The van der Waals surface area contributed by atoms with E-state index in [1.807, 2.05) is 0 Å². The van der Waals surface area contributed by atoms with Gasteiger partial charge < -0.3 is 10.1 Å². The lowest BCUT2D eigenvalue weighted by molar-refractivity contribution is 0.256. The zero-order valence-electron chi connectivity index (χ0n) is 20.7. The van der Waals surface area contributed by atoms with E-state index >= 15 is 0 Å². The zero-order chi connectivity index (χ0) is 26.2. The largest absolute Gasteiger partial charge is 0.497 e. The second kappa shape index (κ2) is 10.1. The first-order valence-electron chi connectivity index (χ1n) is 12.5. The van der Waals surface area contributed by atoms with Crippen molar-refractivity contribution in [2.75, 3.05) is 19.0 Å². The molecule has 5 rings (SSSR count). The number of sulfonamides is 2. The third-order valence-electron chi connectivity index (χ3n) is 7.34. The summed E-state index contributed by atoms with van der Waals surface area (Å²) >= 11 is 0. The van der Waals surface area contributed by atoms with Crippen LogP contribution in [0.5, 0.6) is 5.75 Å². The van der Waals surface area contributed by atoms with E-state index in [2.05, 4.69) is 16.1 Å². The number of hydrogen-bond acceptors (Lipinski definition) is 6. The van der Waals surface area contributed by atoms with Gasteiger partial charge in [-0.05, 0) is 97.9 Å². The lowest BCUT2D eigenvalue weighted by Crippen LogP contribution is -2.36. The minimum atomic E-state index is -4.14. The van der Waals surface area contributed by atoms with Gasteiger partial charge in [0.15, 0.2) is 0 Å². The van der Waals surface area contributed by atoms with Crippen LogP contribution < -0.4 is 14.8 Å². The Labute approximate surface area is 218 Å². The van der Waals surface area contributed by atoms with Crippen LogP contribution >= 0.6 is 0 Å². The first kappa shape index (κ1) is 25.7. The summed E-state index contributed by atoms with van der Waals surface area (Å²) in [5.41, 5.74) is 5.44. The molecule has 0 spiro atoms. The van der Waals surface area contributed by atoms with Gasteiger partial charge >= 0.3 is 6.03 Å². The van der Waals surface area contributed by atoms with Gasteiger partial charge in [-0.25, -0.2) is 26.4 Å². The highest BCUT2D eigenvalue weighted by Crippen LogP contribution is 2.38. The Morgan fingerprint density at radius 3 is 2.24 bits per heavy atom. The zero-order valence-corrected chi connectivity index (χ0v) is 22.3. The van der Waals surface area contributed by atoms with E-state index in [0.717, 1.165) is 60.7 Å². The summed E-state index contributed by atoms with van der Waals surface area (Å²) in [5, 5.41) is 3.70. The van der Waals surface area contributed by atoms with Crippen molar-refractivity contribution < 1.29 is 26.4 Å². The molecule has 1 atom stereocenters. The highest BCUT2D eigenvalue weighted by molar-refractivity contribution is 7.93. The molecule has 3 aliphatic rings. The average Bonchev–Trinajstić information content (AvgIpc) is 3.63. The van der Waals surface area contributed by atoms with E-state index in [9.17, 15) is 21.6 Å². The summed E-state index contributed by atoms with van der Waals surface area (Å²) in [7, 11) is -6.47. The van der Waals surface area contributed by atoms with Gasteiger partial charge in [-0.15, -0.1) is 0 Å². The van der Waals surface area contributed by atoms with Gasteiger partial charge in [0.2, 0.25) is 10.0 Å². The third kappa shape index (κ3) is 5.25. The average molecular weight is 546 g/mol. The van der Waals surface area contributed by atoms with Crippen molar-refractivity contribution in [1.29, 1.82) is 0 Å². The van der Waals surface area contributed by atoms with E-state index in [1.165, 1.54) is 40.8 Å². The topological polar surface area (TPSA) is 122 Å². The molecule has 0 bridgehead atoms. The number of hydrogen-bond donors (Lipinski definition) is 2. The highest BCUT2D eigenvalue weighted by Gasteiger charge is 2.34. The molecule has 2 amide bonds. The molecule has 37 heavy (non-hydrogen) atoms. The SMILES string of the molecule is COc1ccc(S(=O)(=O)N2CCC[C@H]2/C=C/S(=O)(=O)NC(=O)Nc2c3c(cc4c2CCC4)CCC3)cc1. The third-order valence-corrected chi connectivity index (χ3v) is 10.3. The molecule has 2 aromatic rings. The fraction of sp³-hybridized carbons (Fsp3) is 0.423. The van der Waals surface area contributed by atoms with Gasteiger partial charge in [0.05, 0.1) is 12.0 Å². The van der Waals surface area contributed by atoms with Crippen LogP contribution in [0, 0.1) is 0 Å². The molecular weight excluding hydrogens is 514 g/mol. The van der Waals surface area contributed by atoms with Gasteiger partial charge in [-0.2, -0.15) is 4.31 Å². The summed E-state index contributed by atoms with van der Waals surface area (Å²) in [6.07, 6.45) is 8.13. The van der Waals surface area contributed by atoms with E-state index in [0.29, 0.717) is 18.6 Å². The number of amides is 2. The van der Waals surface area contributed by atoms with Crippen molar-refractivity contribution in [1.82, 2.24) is 9.03 Å². The smallest absolute Gasteiger partial charge is 0.333 e. The second-order valence-electron chi connectivity index (χ2n) is 9.66. The molecule has 2 N–H and O–H groups in total. The second-order valence-corrected chi connectivity index (χ2v) is 13.1. The van der Waals surface area contributed by atoms with Crippen molar-refractivity contribution in [3.63, 3.8) is 0 Å². The molecule has 0 radical (unpaired) electrons. The van der Waals surface area contributed by atoms with Crippen molar-refractivity contribution in [2.24, 2.45) is 0 Å². The summed E-state index contributed by atoms with van der Waals surface area (Å²) in [6.45, 7) is 0.279. The normalized spacial score (nSPS) is 19.6. The van der Waals surface area contributed by atoms with Crippen LogP contribution in [-0.2, 0) is 45.7 Å². The van der Waals surface area contributed by atoms with Gasteiger partial charge in [0, 0.05) is 23.7 Å². The number of carbonyl (C=O) groups excluding carboxylic acids is 1. The van der Waals surface area contributed by atoms with Crippen LogP contribution in [-0.4, -0.2) is 46.9 Å². The van der Waals surface area contributed by atoms with Crippen LogP contribution in [0.4, 0.5) is 10.5 Å². The molecule has 0 saturated carbocycles. The maximum Gasteiger partial charge on any atom is 0.333 e. The summed E-state index contributed by atoms with van der Waals surface area (Å²) in [6, 6.07) is 6.86. The van der Waals surface area contributed by atoms with Crippen molar-refractivity contribution in [3.8, 4) is 5.75 Å². The molecule has 0 aromatic heterocycles. The van der Waals surface area contributed by atoms with E-state index in [-0.39, 0.29) is 11.4 Å². The van der Waals surface area contributed by atoms with Crippen LogP contribution in [0.2, 0.25) is 0 Å². The predicted molar refractivity (Wildman–Crippen MR) is 141 cm³/mol. The Balaban J connectivity index is 1.28. The molecule has 11 heteroatoms. The Kier molecular flexibility index (Phi) is 7.03. The number of nitrogens with zero attached hydrogens (tertiary/aromatic N) is 1. The number of anilines is 1. The van der Waals surface area contributed by atoms with Crippen LogP contribution in [0.15, 0.2) is 46.7 Å². The Hall–Kier alpha value is -2.89. The molecule has 1 aliphatic heterocycles. The van der Waals surface area contributed by atoms with Crippen molar-refractivity contribution in [3.05, 3.63) is 64.1 Å².